The van der Waals surface area contributed by atoms with Crippen LogP contribution < -0.4 is 10.6 Å². The fourth-order valence-electron chi connectivity index (χ4n) is 1.68. The van der Waals surface area contributed by atoms with Gasteiger partial charge in [0, 0.05) is 11.4 Å². The summed E-state index contributed by atoms with van der Waals surface area (Å²) in [5, 5.41) is 5.93. The highest BCUT2D eigenvalue weighted by Crippen LogP contribution is 2.20. The van der Waals surface area contributed by atoms with Crippen LogP contribution in [0.1, 0.15) is 16.1 Å². The van der Waals surface area contributed by atoms with Crippen LogP contribution in [0.2, 0.25) is 0 Å². The van der Waals surface area contributed by atoms with E-state index in [4.69, 9.17) is 0 Å². The molecule has 0 aliphatic heterocycles. The van der Waals surface area contributed by atoms with Gasteiger partial charge in [0.05, 0.1) is 5.69 Å². The van der Waals surface area contributed by atoms with Crippen LogP contribution in [0.5, 0.6) is 0 Å². The fourth-order valence-corrected chi connectivity index (χ4v) is 2.49. The van der Waals surface area contributed by atoms with E-state index in [0.29, 0.717) is 23.7 Å². The van der Waals surface area contributed by atoms with E-state index in [2.05, 4.69) is 15.6 Å². The van der Waals surface area contributed by atoms with Crippen molar-refractivity contribution < 1.29 is 9.18 Å². The third-order valence-corrected chi connectivity index (χ3v) is 3.88. The van der Waals surface area contributed by atoms with Crippen molar-refractivity contribution in [3.05, 3.63) is 46.2 Å². The Labute approximate surface area is 121 Å². The minimum absolute atomic E-state index is 0.249. The van der Waals surface area contributed by atoms with E-state index in [1.165, 1.54) is 17.4 Å². The van der Waals surface area contributed by atoms with Gasteiger partial charge >= 0.3 is 6.03 Å². The molecule has 0 atom stereocenters. The number of hydrogen-bond donors (Lipinski definition) is 2. The van der Waals surface area contributed by atoms with Gasteiger partial charge in [-0.05, 0) is 31.9 Å². The lowest BCUT2D eigenvalue weighted by atomic mass is 10.1. The van der Waals surface area contributed by atoms with E-state index in [9.17, 15) is 9.18 Å². The molecular weight excluding hydrogens is 277 g/mol. The third-order valence-electron chi connectivity index (χ3n) is 2.89. The number of aryl methyl sites for hydroxylation is 2. The van der Waals surface area contributed by atoms with Crippen molar-refractivity contribution in [2.24, 2.45) is 0 Å². The highest BCUT2D eigenvalue weighted by Gasteiger charge is 2.07. The summed E-state index contributed by atoms with van der Waals surface area (Å²) < 4.78 is 13.4. The summed E-state index contributed by atoms with van der Waals surface area (Å²) in [4.78, 5) is 17.0. The summed E-state index contributed by atoms with van der Waals surface area (Å²) in [6.45, 7) is 4.22. The Morgan fingerprint density at radius 1 is 1.35 bits per heavy atom. The molecule has 2 rings (SSSR count). The van der Waals surface area contributed by atoms with Gasteiger partial charge in [0.1, 0.15) is 5.82 Å². The molecule has 1 heterocycles. The van der Waals surface area contributed by atoms with Gasteiger partial charge in [-0.1, -0.05) is 18.2 Å². The number of carbonyl (C=O) groups excluding carboxylic acids is 1. The number of thiazole rings is 1. The molecule has 2 aromatic rings. The monoisotopic (exact) mass is 293 g/mol. The SMILES string of the molecule is Cc1nc(NC(=O)NCCc2ccccc2F)sc1C. The average molecular weight is 293 g/mol. The van der Waals surface area contributed by atoms with Crippen LogP contribution in [0.4, 0.5) is 14.3 Å². The molecule has 0 unspecified atom stereocenters. The number of rotatable bonds is 4. The van der Waals surface area contributed by atoms with Crippen LogP contribution >= 0.6 is 11.3 Å². The lowest BCUT2D eigenvalue weighted by Gasteiger charge is -2.06. The molecule has 1 aromatic carbocycles. The van der Waals surface area contributed by atoms with Gasteiger partial charge in [-0.2, -0.15) is 0 Å². The van der Waals surface area contributed by atoms with Gasteiger partial charge in [0.25, 0.3) is 0 Å². The van der Waals surface area contributed by atoms with E-state index in [-0.39, 0.29) is 11.8 Å². The van der Waals surface area contributed by atoms with Crippen molar-refractivity contribution in [1.29, 1.82) is 0 Å². The molecule has 6 heteroatoms. The maximum Gasteiger partial charge on any atom is 0.321 e. The van der Waals surface area contributed by atoms with E-state index in [1.54, 1.807) is 18.2 Å². The van der Waals surface area contributed by atoms with Gasteiger partial charge < -0.3 is 5.32 Å². The summed E-state index contributed by atoms with van der Waals surface area (Å²) in [5.74, 6) is -0.249. The van der Waals surface area contributed by atoms with Crippen molar-refractivity contribution in [3.63, 3.8) is 0 Å². The first-order valence-corrected chi connectivity index (χ1v) is 7.10. The summed E-state index contributed by atoms with van der Waals surface area (Å²) in [6.07, 6.45) is 0.454. The second-order valence-electron chi connectivity index (χ2n) is 4.38. The standard InChI is InChI=1S/C14H16FN3OS/c1-9-10(2)20-14(17-9)18-13(19)16-8-7-11-5-3-4-6-12(11)15/h3-6H,7-8H2,1-2H3,(H2,16,17,18,19). The molecule has 4 nitrogen and oxygen atoms in total. The van der Waals surface area contributed by atoms with Crippen molar-refractivity contribution in [2.75, 3.05) is 11.9 Å². The Morgan fingerprint density at radius 3 is 2.75 bits per heavy atom. The quantitative estimate of drug-likeness (QED) is 0.909. The van der Waals surface area contributed by atoms with Gasteiger partial charge in [-0.15, -0.1) is 11.3 Å². The van der Waals surface area contributed by atoms with Crippen molar-refractivity contribution in [1.82, 2.24) is 10.3 Å². The largest absolute Gasteiger partial charge is 0.337 e. The van der Waals surface area contributed by atoms with Crippen LogP contribution in [-0.2, 0) is 6.42 Å². The number of hydrogen-bond acceptors (Lipinski definition) is 3. The molecule has 0 bridgehead atoms. The van der Waals surface area contributed by atoms with E-state index < -0.39 is 0 Å². The molecule has 1 aromatic heterocycles. The van der Waals surface area contributed by atoms with E-state index in [0.717, 1.165) is 10.6 Å². The molecule has 0 fully saturated rings. The maximum atomic E-state index is 13.4. The fraction of sp³-hybridized carbons (Fsp3) is 0.286. The van der Waals surface area contributed by atoms with Crippen LogP contribution in [0.15, 0.2) is 24.3 Å². The topological polar surface area (TPSA) is 54.0 Å². The Kier molecular flexibility index (Phi) is 4.68. The number of amides is 2. The highest BCUT2D eigenvalue weighted by molar-refractivity contribution is 7.15. The lowest BCUT2D eigenvalue weighted by Crippen LogP contribution is -2.30. The van der Waals surface area contributed by atoms with Crippen molar-refractivity contribution in [3.8, 4) is 0 Å². The molecule has 0 spiro atoms. The predicted molar refractivity (Wildman–Crippen MR) is 78.7 cm³/mol. The first kappa shape index (κ1) is 14.5. The van der Waals surface area contributed by atoms with Crippen LogP contribution in [0.25, 0.3) is 0 Å². The normalized spacial score (nSPS) is 10.3. The van der Waals surface area contributed by atoms with Gasteiger partial charge in [0.15, 0.2) is 5.13 Å². The Hall–Kier alpha value is -1.95. The molecule has 0 aliphatic rings. The molecule has 0 aliphatic carbocycles. The maximum absolute atomic E-state index is 13.4. The lowest BCUT2D eigenvalue weighted by molar-refractivity contribution is 0.252. The number of anilines is 1. The molecule has 106 valence electrons. The number of urea groups is 1. The first-order valence-electron chi connectivity index (χ1n) is 6.28. The Morgan fingerprint density at radius 2 is 2.10 bits per heavy atom. The minimum Gasteiger partial charge on any atom is -0.337 e. The number of nitrogens with one attached hydrogen (secondary N) is 2. The van der Waals surface area contributed by atoms with Gasteiger partial charge in [0.2, 0.25) is 0 Å². The molecular formula is C14H16FN3OS. The molecule has 20 heavy (non-hydrogen) atoms. The molecule has 2 amide bonds. The summed E-state index contributed by atoms with van der Waals surface area (Å²) in [5.41, 5.74) is 1.50. The molecule has 0 radical (unpaired) electrons. The van der Waals surface area contributed by atoms with Gasteiger partial charge in [-0.25, -0.2) is 14.2 Å². The zero-order valence-corrected chi connectivity index (χ0v) is 12.2. The van der Waals surface area contributed by atoms with Crippen LogP contribution in [0, 0.1) is 19.7 Å². The number of halogens is 1. The molecule has 0 saturated heterocycles. The zero-order chi connectivity index (χ0) is 14.5. The second-order valence-corrected chi connectivity index (χ2v) is 5.59. The third kappa shape index (κ3) is 3.77. The number of nitrogens with zero attached hydrogens (tertiary/aromatic N) is 1. The average Bonchev–Trinajstić information content (AvgIpc) is 2.70. The second kappa shape index (κ2) is 6.47. The van der Waals surface area contributed by atoms with Gasteiger partial charge in [-0.3, -0.25) is 5.32 Å². The Bertz CT molecular complexity index is 593. The summed E-state index contributed by atoms with van der Waals surface area (Å²) in [7, 11) is 0. The molecule has 2 N–H and O–H groups in total. The Balaban J connectivity index is 1.80. The van der Waals surface area contributed by atoms with Crippen molar-refractivity contribution >= 4 is 22.5 Å². The smallest absolute Gasteiger partial charge is 0.321 e. The van der Waals surface area contributed by atoms with Crippen LogP contribution in [0.3, 0.4) is 0 Å². The number of benzene rings is 1. The minimum atomic E-state index is -0.324. The highest BCUT2D eigenvalue weighted by atomic mass is 32.1. The number of aromatic nitrogens is 1. The van der Waals surface area contributed by atoms with Crippen molar-refractivity contribution in [2.45, 2.75) is 20.3 Å². The predicted octanol–water partition coefficient (Wildman–Crippen LogP) is 3.26. The van der Waals surface area contributed by atoms with E-state index >= 15 is 0 Å². The summed E-state index contributed by atoms with van der Waals surface area (Å²) in [6, 6.07) is 6.22. The molecule has 0 saturated carbocycles. The first-order chi connectivity index (χ1) is 9.56. The zero-order valence-electron chi connectivity index (χ0n) is 11.4. The number of carbonyl (C=O) groups is 1. The van der Waals surface area contributed by atoms with E-state index in [1.807, 2.05) is 13.8 Å². The van der Waals surface area contributed by atoms with Crippen LogP contribution in [-0.4, -0.2) is 17.6 Å². The summed E-state index contributed by atoms with van der Waals surface area (Å²) >= 11 is 1.43.